The second-order valence-electron chi connectivity index (χ2n) is 7.03. The number of ether oxygens (including phenoxy) is 1. The highest BCUT2D eigenvalue weighted by Gasteiger charge is 2.15. The molecule has 3 aromatic carbocycles. The lowest BCUT2D eigenvalue weighted by Gasteiger charge is -2.13. The van der Waals surface area contributed by atoms with E-state index in [1.807, 2.05) is 31.3 Å². The predicted octanol–water partition coefficient (Wildman–Crippen LogP) is 5.64. The van der Waals surface area contributed by atoms with Crippen LogP contribution in [-0.2, 0) is 13.0 Å². The summed E-state index contributed by atoms with van der Waals surface area (Å²) in [6.07, 6.45) is 2.99. The van der Waals surface area contributed by atoms with Crippen LogP contribution in [0.1, 0.15) is 40.4 Å². The fourth-order valence-electron chi connectivity index (χ4n) is 3.70. The predicted molar refractivity (Wildman–Crippen MR) is 113 cm³/mol. The summed E-state index contributed by atoms with van der Waals surface area (Å²) >= 11 is 0. The number of hydrogen-bond acceptors (Lipinski definition) is 3. The number of carbonyl (C=O) groups excluding carboxylic acids is 1. The molecule has 0 atom stereocenters. The molecule has 0 aliphatic carbocycles. The first-order valence-corrected chi connectivity index (χ1v) is 9.82. The number of Topliss-reactive ketones (excluding diaryl/α,β-unsaturated/α-hetero) is 1. The van der Waals surface area contributed by atoms with Crippen molar-refractivity contribution in [3.63, 3.8) is 0 Å². The lowest BCUT2D eigenvalue weighted by atomic mass is 9.95. The van der Waals surface area contributed by atoms with Crippen molar-refractivity contribution < 1.29 is 13.9 Å². The number of benzene rings is 3. The Bertz CT molecular complexity index is 1090. The molecule has 4 rings (SSSR count). The van der Waals surface area contributed by atoms with Crippen LogP contribution in [0.2, 0.25) is 0 Å². The van der Waals surface area contributed by atoms with Crippen molar-refractivity contribution in [2.75, 3.05) is 6.61 Å². The molecule has 3 aromatic rings. The molecule has 1 heterocycles. The van der Waals surface area contributed by atoms with Crippen molar-refractivity contribution in [2.24, 2.45) is 4.99 Å². The van der Waals surface area contributed by atoms with Gasteiger partial charge in [-0.15, -0.1) is 0 Å². The smallest absolute Gasteiger partial charge is 0.163 e. The van der Waals surface area contributed by atoms with Crippen LogP contribution in [0, 0.1) is 5.82 Å². The second kappa shape index (κ2) is 8.39. The van der Waals surface area contributed by atoms with Crippen LogP contribution in [0.3, 0.4) is 0 Å². The molecule has 3 nitrogen and oxygen atoms in total. The van der Waals surface area contributed by atoms with Crippen LogP contribution >= 0.6 is 0 Å². The van der Waals surface area contributed by atoms with E-state index in [2.05, 4.69) is 17.1 Å². The van der Waals surface area contributed by atoms with Gasteiger partial charge in [0.1, 0.15) is 11.6 Å². The first-order chi connectivity index (χ1) is 14.2. The molecule has 1 aliphatic heterocycles. The highest BCUT2D eigenvalue weighted by Crippen LogP contribution is 2.32. The molecule has 0 fully saturated rings. The maximum absolute atomic E-state index is 13.6. The Labute approximate surface area is 169 Å². The molecule has 0 saturated heterocycles. The average Bonchev–Trinajstić information content (AvgIpc) is 3.21. The van der Waals surface area contributed by atoms with Gasteiger partial charge in [-0.1, -0.05) is 36.4 Å². The molecule has 0 spiro atoms. The van der Waals surface area contributed by atoms with Gasteiger partial charge in [-0.05, 0) is 59.9 Å². The van der Waals surface area contributed by atoms with Gasteiger partial charge in [0.05, 0.1) is 13.2 Å². The van der Waals surface area contributed by atoms with Crippen molar-refractivity contribution in [3.05, 3.63) is 88.7 Å². The molecule has 0 radical (unpaired) electrons. The van der Waals surface area contributed by atoms with Crippen molar-refractivity contribution in [1.29, 1.82) is 0 Å². The minimum Gasteiger partial charge on any atom is -0.493 e. The first-order valence-electron chi connectivity index (χ1n) is 9.82. The van der Waals surface area contributed by atoms with Crippen LogP contribution in [0.25, 0.3) is 11.1 Å². The van der Waals surface area contributed by atoms with E-state index in [0.29, 0.717) is 37.3 Å². The third-order valence-electron chi connectivity index (χ3n) is 5.15. The summed E-state index contributed by atoms with van der Waals surface area (Å²) < 4.78 is 19.4. The summed E-state index contributed by atoms with van der Waals surface area (Å²) in [6, 6.07) is 17.9. The van der Waals surface area contributed by atoms with Gasteiger partial charge in [-0.2, -0.15) is 0 Å². The lowest BCUT2D eigenvalue weighted by Crippen LogP contribution is -2.04. The van der Waals surface area contributed by atoms with E-state index in [1.54, 1.807) is 18.2 Å². The molecule has 1 aliphatic rings. The van der Waals surface area contributed by atoms with E-state index in [4.69, 9.17) is 4.74 Å². The number of nitrogens with zero attached hydrogens (tertiary/aromatic N) is 1. The Kier molecular flexibility index (Phi) is 5.52. The minimum atomic E-state index is -0.301. The highest BCUT2D eigenvalue weighted by molar-refractivity contribution is 5.97. The topological polar surface area (TPSA) is 38.7 Å². The van der Waals surface area contributed by atoms with Gasteiger partial charge < -0.3 is 4.74 Å². The largest absolute Gasteiger partial charge is 0.493 e. The van der Waals surface area contributed by atoms with Crippen molar-refractivity contribution in [3.8, 4) is 16.9 Å². The molecule has 146 valence electrons. The van der Waals surface area contributed by atoms with Gasteiger partial charge in [-0.3, -0.25) is 9.79 Å². The van der Waals surface area contributed by atoms with Crippen LogP contribution in [0.5, 0.6) is 5.75 Å². The van der Waals surface area contributed by atoms with Crippen molar-refractivity contribution >= 4 is 12.0 Å². The molecule has 0 unspecified atom stereocenters. The Morgan fingerprint density at radius 1 is 1.10 bits per heavy atom. The number of halogens is 1. The molecular weight excluding hydrogens is 365 g/mol. The van der Waals surface area contributed by atoms with Gasteiger partial charge in [0.2, 0.25) is 0 Å². The number of aliphatic imine (C=N–C) groups is 1. The molecule has 0 N–H and O–H groups in total. The third-order valence-corrected chi connectivity index (χ3v) is 5.15. The zero-order chi connectivity index (χ0) is 20.2. The van der Waals surface area contributed by atoms with Gasteiger partial charge >= 0.3 is 0 Å². The van der Waals surface area contributed by atoms with Crippen LogP contribution in [0.4, 0.5) is 4.39 Å². The van der Waals surface area contributed by atoms with Crippen molar-refractivity contribution in [2.45, 2.75) is 26.3 Å². The monoisotopic (exact) mass is 387 g/mol. The lowest BCUT2D eigenvalue weighted by molar-refractivity contribution is 0.0982. The Balaban J connectivity index is 1.54. The maximum Gasteiger partial charge on any atom is 0.163 e. The van der Waals surface area contributed by atoms with E-state index < -0.39 is 0 Å². The quantitative estimate of drug-likeness (QED) is 0.492. The SMILES string of the molecule is CCOc1cc(C(=O)CCc2cccc3c2CN=C3)ccc1-c1cccc(F)c1. The second-order valence-corrected chi connectivity index (χ2v) is 7.03. The van der Waals surface area contributed by atoms with E-state index in [-0.39, 0.29) is 11.6 Å². The van der Waals surface area contributed by atoms with Gasteiger partial charge in [0, 0.05) is 23.8 Å². The third kappa shape index (κ3) is 4.11. The zero-order valence-corrected chi connectivity index (χ0v) is 16.3. The van der Waals surface area contributed by atoms with E-state index in [1.165, 1.54) is 23.3 Å². The minimum absolute atomic E-state index is 0.0632. The van der Waals surface area contributed by atoms with E-state index >= 15 is 0 Å². The van der Waals surface area contributed by atoms with Crippen LogP contribution in [0.15, 0.2) is 65.7 Å². The summed E-state index contributed by atoms with van der Waals surface area (Å²) in [6.45, 7) is 3.05. The van der Waals surface area contributed by atoms with Gasteiger partial charge in [0.25, 0.3) is 0 Å². The fraction of sp³-hybridized carbons (Fsp3) is 0.200. The summed E-state index contributed by atoms with van der Waals surface area (Å²) in [5, 5.41) is 0. The van der Waals surface area contributed by atoms with Crippen LogP contribution in [-0.4, -0.2) is 18.6 Å². The summed E-state index contributed by atoms with van der Waals surface area (Å²) in [5.41, 5.74) is 5.66. The molecule has 0 saturated carbocycles. The molecule has 0 aromatic heterocycles. The fourth-order valence-corrected chi connectivity index (χ4v) is 3.70. The first kappa shape index (κ1) is 19.1. The zero-order valence-electron chi connectivity index (χ0n) is 16.3. The number of aryl methyl sites for hydroxylation is 1. The number of carbonyl (C=O) groups is 1. The van der Waals surface area contributed by atoms with E-state index in [0.717, 1.165) is 16.7 Å². The van der Waals surface area contributed by atoms with Gasteiger partial charge in [-0.25, -0.2) is 4.39 Å². The number of rotatable bonds is 7. The highest BCUT2D eigenvalue weighted by atomic mass is 19.1. The molecular formula is C25H22FNO2. The molecule has 0 bridgehead atoms. The number of hydrogen-bond donors (Lipinski definition) is 0. The Morgan fingerprint density at radius 2 is 1.97 bits per heavy atom. The van der Waals surface area contributed by atoms with Crippen molar-refractivity contribution in [1.82, 2.24) is 0 Å². The number of fused-ring (bicyclic) bond motifs is 1. The summed E-state index contributed by atoms with van der Waals surface area (Å²) in [5.74, 6) is 0.357. The van der Waals surface area contributed by atoms with E-state index in [9.17, 15) is 9.18 Å². The Morgan fingerprint density at radius 3 is 2.79 bits per heavy atom. The molecule has 0 amide bonds. The number of ketones is 1. The average molecular weight is 387 g/mol. The summed E-state index contributed by atoms with van der Waals surface area (Å²) in [7, 11) is 0. The van der Waals surface area contributed by atoms with Gasteiger partial charge in [0.15, 0.2) is 5.78 Å². The maximum atomic E-state index is 13.6. The standard InChI is InChI=1S/C25H22FNO2/c1-2-29-25-14-19(9-11-22(25)18-6-4-8-21(26)13-18)24(28)12-10-17-5-3-7-20-15-27-16-23(17)20/h3-9,11,13-15H,2,10,12,16H2,1H3. The molecule has 29 heavy (non-hydrogen) atoms. The normalized spacial score (nSPS) is 12.1. The Hall–Kier alpha value is -3.27. The van der Waals surface area contributed by atoms with Crippen LogP contribution < -0.4 is 4.74 Å². The molecule has 4 heteroatoms. The summed E-state index contributed by atoms with van der Waals surface area (Å²) in [4.78, 5) is 17.2.